The number of anilines is 1. The fraction of sp³-hybridized carbons (Fsp3) is 0.222. The molecule has 5 heteroatoms. The van der Waals surface area contributed by atoms with Crippen LogP contribution in [-0.4, -0.2) is 15.4 Å². The number of hydrogen-bond donors (Lipinski definition) is 2. The van der Waals surface area contributed by atoms with Gasteiger partial charge in [0.05, 0.1) is 10.8 Å². The van der Waals surface area contributed by atoms with Crippen LogP contribution in [0.3, 0.4) is 0 Å². The van der Waals surface area contributed by atoms with E-state index in [4.69, 9.17) is 11.5 Å². The van der Waals surface area contributed by atoms with E-state index in [1.807, 2.05) is 0 Å². The predicted octanol–water partition coefficient (Wildman–Crippen LogP) is 0.250. The van der Waals surface area contributed by atoms with Crippen LogP contribution in [0.15, 0.2) is 29.2 Å². The first kappa shape index (κ1) is 10.7. The summed E-state index contributed by atoms with van der Waals surface area (Å²) < 4.78 is 11.7. The molecule has 0 aliphatic rings. The van der Waals surface area contributed by atoms with E-state index in [-0.39, 0.29) is 0 Å². The molecule has 1 rings (SSSR count). The van der Waals surface area contributed by atoms with E-state index in [1.54, 1.807) is 24.3 Å². The van der Waals surface area contributed by atoms with Crippen molar-refractivity contribution in [3.8, 4) is 0 Å². The number of rotatable bonds is 3. The molecule has 0 radical (unpaired) electrons. The van der Waals surface area contributed by atoms with Gasteiger partial charge in [0.2, 0.25) is 5.91 Å². The van der Waals surface area contributed by atoms with Gasteiger partial charge in [-0.15, -0.1) is 0 Å². The average Bonchev–Trinajstić information content (AvgIpc) is 2.16. The highest BCUT2D eigenvalue weighted by atomic mass is 32.2. The molecule has 0 heterocycles. The lowest BCUT2D eigenvalue weighted by Gasteiger charge is -2.07. The predicted molar refractivity (Wildman–Crippen MR) is 55.9 cm³/mol. The number of benzene rings is 1. The zero-order chi connectivity index (χ0) is 10.7. The highest BCUT2D eigenvalue weighted by molar-refractivity contribution is 7.86. The number of nitrogen functional groups attached to an aromatic ring is 1. The van der Waals surface area contributed by atoms with Crippen molar-refractivity contribution in [3.05, 3.63) is 24.3 Å². The van der Waals surface area contributed by atoms with E-state index in [2.05, 4.69) is 0 Å². The van der Waals surface area contributed by atoms with E-state index in [1.165, 1.54) is 6.92 Å². The molecule has 4 nitrogen and oxygen atoms in total. The number of nitrogens with two attached hydrogens (primary N) is 2. The van der Waals surface area contributed by atoms with E-state index in [0.717, 1.165) is 0 Å². The summed E-state index contributed by atoms with van der Waals surface area (Å²) in [6.07, 6.45) is 0. The number of primary amides is 1. The van der Waals surface area contributed by atoms with Crippen LogP contribution in [0.25, 0.3) is 0 Å². The second-order valence-electron chi connectivity index (χ2n) is 2.91. The van der Waals surface area contributed by atoms with Gasteiger partial charge in [-0.1, -0.05) is 0 Å². The molecule has 0 aliphatic heterocycles. The lowest BCUT2D eigenvalue weighted by molar-refractivity contribution is -0.117. The Morgan fingerprint density at radius 1 is 1.36 bits per heavy atom. The van der Waals surface area contributed by atoms with E-state index in [9.17, 15) is 9.00 Å². The Morgan fingerprint density at radius 2 is 1.86 bits per heavy atom. The number of carbonyl (C=O) groups excluding carboxylic acids is 1. The third kappa shape index (κ3) is 2.32. The summed E-state index contributed by atoms with van der Waals surface area (Å²) in [7, 11) is -1.40. The minimum atomic E-state index is -1.40. The Bertz CT molecular complexity index is 362. The van der Waals surface area contributed by atoms with Crippen molar-refractivity contribution in [2.24, 2.45) is 5.73 Å². The molecule has 76 valence electrons. The highest BCUT2D eigenvalue weighted by Gasteiger charge is 2.18. The van der Waals surface area contributed by atoms with Crippen molar-refractivity contribution < 1.29 is 9.00 Å². The van der Waals surface area contributed by atoms with Gasteiger partial charge >= 0.3 is 0 Å². The van der Waals surface area contributed by atoms with Gasteiger partial charge in [0.15, 0.2) is 0 Å². The minimum absolute atomic E-state index is 0.561. The second-order valence-corrected chi connectivity index (χ2v) is 4.68. The zero-order valence-corrected chi connectivity index (χ0v) is 8.58. The first-order valence-electron chi connectivity index (χ1n) is 4.08. The van der Waals surface area contributed by atoms with Gasteiger partial charge in [-0.3, -0.25) is 9.00 Å². The van der Waals surface area contributed by atoms with Crippen LogP contribution in [0, 0.1) is 0 Å². The fourth-order valence-electron chi connectivity index (χ4n) is 0.912. The Hall–Kier alpha value is -1.36. The maximum atomic E-state index is 11.7. The SMILES string of the molecule is CC(C(N)=O)S(=O)c1ccc(N)cc1. The van der Waals surface area contributed by atoms with Crippen LogP contribution < -0.4 is 11.5 Å². The van der Waals surface area contributed by atoms with Crippen LogP contribution in [-0.2, 0) is 15.6 Å². The van der Waals surface area contributed by atoms with Gasteiger partial charge in [0.25, 0.3) is 0 Å². The lowest BCUT2D eigenvalue weighted by Crippen LogP contribution is -2.29. The largest absolute Gasteiger partial charge is 0.399 e. The van der Waals surface area contributed by atoms with E-state index >= 15 is 0 Å². The maximum Gasteiger partial charge on any atom is 0.233 e. The summed E-state index contributed by atoms with van der Waals surface area (Å²) in [6, 6.07) is 6.54. The summed E-state index contributed by atoms with van der Waals surface area (Å²) in [5.41, 5.74) is 11.1. The zero-order valence-electron chi connectivity index (χ0n) is 7.77. The molecule has 1 aromatic rings. The molecule has 0 aromatic heterocycles. The van der Waals surface area contributed by atoms with Gasteiger partial charge in [-0.25, -0.2) is 0 Å². The molecule has 4 N–H and O–H groups in total. The Kier molecular flexibility index (Phi) is 3.24. The Morgan fingerprint density at radius 3 is 2.29 bits per heavy atom. The van der Waals surface area contributed by atoms with Gasteiger partial charge in [0, 0.05) is 10.6 Å². The molecule has 2 unspecified atom stereocenters. The molecule has 1 amide bonds. The summed E-state index contributed by atoms with van der Waals surface area (Å²) >= 11 is 0. The van der Waals surface area contributed by atoms with Crippen LogP contribution in [0.5, 0.6) is 0 Å². The van der Waals surface area contributed by atoms with Crippen molar-refractivity contribution in [3.63, 3.8) is 0 Å². The monoisotopic (exact) mass is 212 g/mol. The topological polar surface area (TPSA) is 86.2 Å². The normalized spacial score (nSPS) is 14.6. The summed E-state index contributed by atoms with van der Waals surface area (Å²) in [6.45, 7) is 1.54. The van der Waals surface area contributed by atoms with Crippen molar-refractivity contribution in [2.75, 3.05) is 5.73 Å². The van der Waals surface area contributed by atoms with E-state index < -0.39 is 22.0 Å². The fourth-order valence-corrected chi connectivity index (χ4v) is 1.94. The van der Waals surface area contributed by atoms with Crippen molar-refractivity contribution in [1.82, 2.24) is 0 Å². The van der Waals surface area contributed by atoms with Crippen molar-refractivity contribution >= 4 is 22.4 Å². The average molecular weight is 212 g/mol. The quantitative estimate of drug-likeness (QED) is 0.704. The number of hydrogen-bond acceptors (Lipinski definition) is 3. The lowest BCUT2D eigenvalue weighted by atomic mass is 10.3. The summed E-state index contributed by atoms with van der Waals surface area (Å²) in [5, 5.41) is -0.682. The van der Waals surface area contributed by atoms with E-state index in [0.29, 0.717) is 10.6 Å². The summed E-state index contributed by atoms with van der Waals surface area (Å²) in [5.74, 6) is -0.569. The molecule has 14 heavy (non-hydrogen) atoms. The molecule has 0 bridgehead atoms. The van der Waals surface area contributed by atoms with Crippen molar-refractivity contribution in [1.29, 1.82) is 0 Å². The molecular weight excluding hydrogens is 200 g/mol. The maximum absolute atomic E-state index is 11.7. The van der Waals surface area contributed by atoms with Crippen LogP contribution in [0.1, 0.15) is 6.92 Å². The van der Waals surface area contributed by atoms with Gasteiger partial charge in [-0.05, 0) is 31.2 Å². The smallest absolute Gasteiger partial charge is 0.233 e. The minimum Gasteiger partial charge on any atom is -0.399 e. The molecule has 0 aliphatic carbocycles. The molecule has 0 saturated heterocycles. The van der Waals surface area contributed by atoms with Gasteiger partial charge in [0.1, 0.15) is 5.25 Å². The number of amides is 1. The summed E-state index contributed by atoms with van der Waals surface area (Å²) in [4.78, 5) is 11.3. The van der Waals surface area contributed by atoms with Crippen molar-refractivity contribution in [2.45, 2.75) is 17.1 Å². The first-order valence-corrected chi connectivity index (χ1v) is 5.29. The highest BCUT2D eigenvalue weighted by Crippen LogP contribution is 2.13. The van der Waals surface area contributed by atoms with Crippen LogP contribution in [0.2, 0.25) is 0 Å². The first-order chi connectivity index (χ1) is 6.52. The van der Waals surface area contributed by atoms with Crippen LogP contribution >= 0.6 is 0 Å². The van der Waals surface area contributed by atoms with Crippen LogP contribution in [0.4, 0.5) is 5.69 Å². The molecule has 2 atom stereocenters. The number of carbonyl (C=O) groups is 1. The molecular formula is C9H12N2O2S. The molecule has 1 aromatic carbocycles. The third-order valence-corrected chi connectivity index (χ3v) is 3.45. The third-order valence-electron chi connectivity index (χ3n) is 1.83. The molecule has 0 spiro atoms. The molecule has 0 fully saturated rings. The Balaban J connectivity index is 2.90. The molecule has 0 saturated carbocycles. The van der Waals surface area contributed by atoms with Gasteiger partial charge in [-0.2, -0.15) is 0 Å². The van der Waals surface area contributed by atoms with Gasteiger partial charge < -0.3 is 11.5 Å². The second kappa shape index (κ2) is 4.23. The Labute approximate surface area is 84.7 Å². The standard InChI is InChI=1S/C9H12N2O2S/c1-6(9(11)12)14(13)8-4-2-7(10)3-5-8/h2-6H,10H2,1H3,(H2,11,12).